The number of benzene rings is 1. The molecule has 0 atom stereocenters. The van der Waals surface area contributed by atoms with Gasteiger partial charge in [-0.15, -0.1) is 0 Å². The van der Waals surface area contributed by atoms with Crippen molar-refractivity contribution in [1.29, 1.82) is 0 Å². The van der Waals surface area contributed by atoms with Crippen molar-refractivity contribution in [3.05, 3.63) is 22.1 Å². The molecule has 15 heavy (non-hydrogen) atoms. The molecule has 0 fully saturated rings. The lowest BCUT2D eigenvalue weighted by Gasteiger charge is -2.05. The molecule has 2 nitrogen and oxygen atoms in total. The molecule has 0 bridgehead atoms. The van der Waals surface area contributed by atoms with Crippen LogP contribution in [0.5, 0.6) is 0 Å². The fraction of sp³-hybridized carbons (Fsp3) is 0.125. The normalized spacial score (nSPS) is 12.3. The number of alkyl halides is 3. The summed E-state index contributed by atoms with van der Waals surface area (Å²) >= 11 is 1.76. The van der Waals surface area contributed by atoms with Gasteiger partial charge in [-0.3, -0.25) is 0 Å². The first kappa shape index (κ1) is 11.1. The number of hydrogen-bond donors (Lipinski definition) is 0. The fourth-order valence-electron chi connectivity index (χ4n) is 1.10. The van der Waals surface area contributed by atoms with E-state index in [-0.39, 0.29) is 16.7 Å². The number of halogens is 4. The first-order chi connectivity index (χ1) is 6.96. The van der Waals surface area contributed by atoms with Crippen LogP contribution in [0, 0.1) is 3.57 Å². The van der Waals surface area contributed by atoms with Crippen molar-refractivity contribution in [3.63, 3.8) is 0 Å². The molecule has 0 aliphatic heterocycles. The third kappa shape index (κ3) is 2.57. The average Bonchev–Trinajstić information content (AvgIpc) is 2.48. The van der Waals surface area contributed by atoms with Crippen LogP contribution in [0.2, 0.25) is 0 Å². The number of oxazole rings is 1. The monoisotopic (exact) mass is 345 g/mol. The van der Waals surface area contributed by atoms with Gasteiger partial charge >= 0.3 is 5.51 Å². The molecular weight excluding hydrogens is 342 g/mol. The molecule has 0 aliphatic carbocycles. The van der Waals surface area contributed by atoms with Gasteiger partial charge in [0.05, 0.1) is 3.57 Å². The van der Waals surface area contributed by atoms with E-state index in [1.165, 1.54) is 18.5 Å². The van der Waals surface area contributed by atoms with Gasteiger partial charge in [0.15, 0.2) is 12.0 Å². The number of nitrogens with zero attached hydrogens (tertiary/aromatic N) is 1. The molecule has 80 valence electrons. The Bertz CT molecular complexity index is 496. The van der Waals surface area contributed by atoms with E-state index in [1.807, 2.05) is 22.6 Å². The van der Waals surface area contributed by atoms with Gasteiger partial charge < -0.3 is 4.42 Å². The first-order valence-corrected chi connectivity index (χ1v) is 5.64. The van der Waals surface area contributed by atoms with Gasteiger partial charge in [-0.05, 0) is 46.5 Å². The standard InChI is InChI=1S/C8H3F3INOS/c9-8(10,11)15-4-1-5(12)7-6(2-4)13-3-14-7/h1-3H. The Kier molecular flexibility index (Phi) is 2.84. The van der Waals surface area contributed by atoms with Gasteiger partial charge in [0, 0.05) is 4.90 Å². The Morgan fingerprint density at radius 1 is 1.33 bits per heavy atom. The highest BCUT2D eigenvalue weighted by atomic mass is 127. The molecule has 2 rings (SSSR count). The second-order valence-electron chi connectivity index (χ2n) is 2.65. The highest BCUT2D eigenvalue weighted by molar-refractivity contribution is 14.1. The van der Waals surface area contributed by atoms with E-state index >= 15 is 0 Å². The number of aromatic nitrogens is 1. The van der Waals surface area contributed by atoms with E-state index in [4.69, 9.17) is 4.42 Å². The lowest BCUT2D eigenvalue weighted by atomic mass is 10.3. The van der Waals surface area contributed by atoms with E-state index in [1.54, 1.807) is 0 Å². The SMILES string of the molecule is FC(F)(F)Sc1cc(I)c2ocnc2c1. The topological polar surface area (TPSA) is 26.0 Å². The van der Waals surface area contributed by atoms with Gasteiger partial charge in [0.2, 0.25) is 0 Å². The van der Waals surface area contributed by atoms with Crippen LogP contribution in [0.1, 0.15) is 0 Å². The lowest BCUT2D eigenvalue weighted by molar-refractivity contribution is -0.0328. The van der Waals surface area contributed by atoms with Crippen molar-refractivity contribution in [2.75, 3.05) is 0 Å². The molecule has 0 N–H and O–H groups in total. The highest BCUT2D eigenvalue weighted by Gasteiger charge is 2.29. The van der Waals surface area contributed by atoms with Crippen molar-refractivity contribution < 1.29 is 17.6 Å². The molecule has 0 unspecified atom stereocenters. The van der Waals surface area contributed by atoms with Crippen molar-refractivity contribution in [3.8, 4) is 0 Å². The van der Waals surface area contributed by atoms with Gasteiger partial charge in [-0.1, -0.05) is 0 Å². The molecule has 2 aromatic rings. The molecular formula is C8H3F3INOS. The summed E-state index contributed by atoms with van der Waals surface area (Å²) in [5, 5.41) is 0. The largest absolute Gasteiger partial charge is 0.446 e. The molecule has 0 saturated heterocycles. The van der Waals surface area contributed by atoms with Crippen molar-refractivity contribution in [1.82, 2.24) is 4.98 Å². The Hall–Kier alpha value is -0.440. The van der Waals surface area contributed by atoms with E-state index < -0.39 is 5.51 Å². The zero-order valence-electron chi connectivity index (χ0n) is 7.01. The van der Waals surface area contributed by atoms with Gasteiger partial charge in [0.1, 0.15) is 5.52 Å². The molecule has 0 saturated carbocycles. The van der Waals surface area contributed by atoms with Crippen LogP contribution in [-0.2, 0) is 0 Å². The molecule has 0 aliphatic rings. The minimum absolute atomic E-state index is 0.119. The molecule has 0 radical (unpaired) electrons. The molecule has 0 spiro atoms. The summed E-state index contributed by atoms with van der Waals surface area (Å²) in [5.74, 6) is 0. The Morgan fingerprint density at radius 2 is 2.07 bits per heavy atom. The van der Waals surface area contributed by atoms with Crippen LogP contribution < -0.4 is 0 Å². The summed E-state index contributed by atoms with van der Waals surface area (Å²) in [6.45, 7) is 0. The maximum atomic E-state index is 12.1. The molecule has 0 amide bonds. The summed E-state index contributed by atoms with van der Waals surface area (Å²) in [7, 11) is 0. The predicted octanol–water partition coefficient (Wildman–Crippen LogP) is 4.04. The van der Waals surface area contributed by atoms with E-state index in [2.05, 4.69) is 4.98 Å². The van der Waals surface area contributed by atoms with Crippen LogP contribution in [0.15, 0.2) is 27.8 Å². The third-order valence-electron chi connectivity index (χ3n) is 1.59. The first-order valence-electron chi connectivity index (χ1n) is 3.74. The summed E-state index contributed by atoms with van der Waals surface area (Å²) in [6.07, 6.45) is 1.22. The third-order valence-corrected chi connectivity index (χ3v) is 3.10. The zero-order valence-corrected chi connectivity index (χ0v) is 9.98. The summed E-state index contributed by atoms with van der Waals surface area (Å²) in [5.41, 5.74) is -3.32. The van der Waals surface area contributed by atoms with Gasteiger partial charge in [0.25, 0.3) is 0 Å². The number of hydrogen-bond acceptors (Lipinski definition) is 3. The summed E-state index contributed by atoms with van der Waals surface area (Å²) < 4.78 is 42.0. The highest BCUT2D eigenvalue weighted by Crippen LogP contribution is 2.38. The Morgan fingerprint density at radius 3 is 2.73 bits per heavy atom. The second kappa shape index (κ2) is 3.85. The Labute approximate surface area is 100 Å². The number of rotatable bonds is 1. The Balaban J connectivity index is 2.45. The molecule has 7 heteroatoms. The lowest BCUT2D eigenvalue weighted by Crippen LogP contribution is -1.99. The number of fused-ring (bicyclic) bond motifs is 1. The minimum Gasteiger partial charge on any atom is -0.442 e. The zero-order chi connectivity index (χ0) is 11.1. The maximum Gasteiger partial charge on any atom is 0.446 e. The quantitative estimate of drug-likeness (QED) is 0.576. The summed E-state index contributed by atoms with van der Waals surface area (Å²) in [6, 6.07) is 2.78. The number of thioether (sulfide) groups is 1. The van der Waals surface area contributed by atoms with Crippen molar-refractivity contribution in [2.45, 2.75) is 10.4 Å². The molecule has 1 aromatic heterocycles. The van der Waals surface area contributed by atoms with Crippen LogP contribution in [-0.4, -0.2) is 10.5 Å². The second-order valence-corrected chi connectivity index (χ2v) is 4.95. The van der Waals surface area contributed by atoms with Crippen LogP contribution in [0.4, 0.5) is 13.2 Å². The van der Waals surface area contributed by atoms with Crippen molar-refractivity contribution in [2.24, 2.45) is 0 Å². The van der Waals surface area contributed by atoms with E-state index in [0.29, 0.717) is 14.7 Å². The van der Waals surface area contributed by atoms with Gasteiger partial charge in [-0.2, -0.15) is 13.2 Å². The summed E-state index contributed by atoms with van der Waals surface area (Å²) in [4.78, 5) is 3.94. The average molecular weight is 345 g/mol. The predicted molar refractivity (Wildman–Crippen MR) is 58.6 cm³/mol. The maximum absolute atomic E-state index is 12.1. The fourth-order valence-corrected chi connectivity index (χ4v) is 2.66. The smallest absolute Gasteiger partial charge is 0.442 e. The van der Waals surface area contributed by atoms with E-state index in [9.17, 15) is 13.2 Å². The van der Waals surface area contributed by atoms with Gasteiger partial charge in [-0.25, -0.2) is 4.98 Å². The van der Waals surface area contributed by atoms with Crippen LogP contribution >= 0.6 is 34.4 Å². The molecule has 1 aromatic carbocycles. The van der Waals surface area contributed by atoms with Crippen LogP contribution in [0.3, 0.4) is 0 Å². The van der Waals surface area contributed by atoms with Crippen LogP contribution in [0.25, 0.3) is 11.1 Å². The van der Waals surface area contributed by atoms with E-state index in [0.717, 1.165) is 0 Å². The van der Waals surface area contributed by atoms with Crippen molar-refractivity contribution >= 4 is 45.5 Å². The molecule has 1 heterocycles. The minimum atomic E-state index is -4.28.